The number of fused-ring (bicyclic) bond motifs is 1. The Morgan fingerprint density at radius 1 is 1.09 bits per heavy atom. The molecule has 2 aromatic carbocycles. The van der Waals surface area contributed by atoms with Crippen molar-refractivity contribution < 1.29 is 0 Å². The molecule has 2 heteroatoms. The highest BCUT2D eigenvalue weighted by Crippen LogP contribution is 2.35. The first-order valence-electron chi connectivity index (χ1n) is 7.82. The van der Waals surface area contributed by atoms with Gasteiger partial charge in [-0.05, 0) is 48.4 Å². The molecule has 0 amide bonds. The van der Waals surface area contributed by atoms with Crippen LogP contribution in [0, 0.1) is 6.92 Å². The van der Waals surface area contributed by atoms with Crippen LogP contribution in [-0.4, -0.2) is 18.5 Å². The maximum absolute atomic E-state index is 6.13. The molecule has 0 saturated heterocycles. The van der Waals surface area contributed by atoms with E-state index in [2.05, 4.69) is 68.4 Å². The summed E-state index contributed by atoms with van der Waals surface area (Å²) in [6.45, 7) is 11.0. The minimum absolute atomic E-state index is 0.451. The molecule has 0 saturated carbocycles. The van der Waals surface area contributed by atoms with E-state index in [-0.39, 0.29) is 0 Å². The smallest absolute Gasteiger partial charge is 0.0409 e. The number of allylic oxidation sites excluding steroid dienone is 2. The van der Waals surface area contributed by atoms with Gasteiger partial charge in [0.2, 0.25) is 0 Å². The minimum atomic E-state index is 0.451. The molecule has 1 nitrogen and oxygen atoms in total. The van der Waals surface area contributed by atoms with Gasteiger partial charge >= 0.3 is 0 Å². The Morgan fingerprint density at radius 3 is 2.43 bits per heavy atom. The van der Waals surface area contributed by atoms with Crippen molar-refractivity contribution in [3.8, 4) is 0 Å². The van der Waals surface area contributed by atoms with Crippen LogP contribution in [0.3, 0.4) is 0 Å². The van der Waals surface area contributed by atoms with Crippen LogP contribution in [0.4, 0.5) is 0 Å². The van der Waals surface area contributed by atoms with Crippen LogP contribution < -0.4 is 0 Å². The van der Waals surface area contributed by atoms with Crippen LogP contribution in [0.15, 0.2) is 67.8 Å². The van der Waals surface area contributed by atoms with Gasteiger partial charge in [0.25, 0.3) is 0 Å². The summed E-state index contributed by atoms with van der Waals surface area (Å²) in [7, 11) is 2.18. The Balaban J connectivity index is 0.000000433. The molecule has 0 aromatic heterocycles. The van der Waals surface area contributed by atoms with E-state index in [1.807, 2.05) is 6.07 Å². The van der Waals surface area contributed by atoms with Crippen molar-refractivity contribution in [1.29, 1.82) is 0 Å². The van der Waals surface area contributed by atoms with Crippen LogP contribution in [-0.2, 0) is 6.54 Å². The van der Waals surface area contributed by atoms with E-state index in [0.717, 1.165) is 18.1 Å². The van der Waals surface area contributed by atoms with Gasteiger partial charge in [0.05, 0.1) is 0 Å². The van der Waals surface area contributed by atoms with Crippen LogP contribution in [0.1, 0.15) is 28.2 Å². The number of aryl methyl sites for hydroxylation is 1. The molecule has 0 radical (unpaired) electrons. The van der Waals surface area contributed by atoms with E-state index < -0.39 is 0 Å². The molecule has 1 atom stereocenters. The normalized spacial score (nSPS) is 16.7. The van der Waals surface area contributed by atoms with Gasteiger partial charge in [-0.3, -0.25) is 0 Å². The zero-order valence-corrected chi connectivity index (χ0v) is 14.7. The zero-order chi connectivity index (χ0) is 16.8. The fraction of sp³-hybridized carbons (Fsp3) is 0.238. The maximum Gasteiger partial charge on any atom is 0.0409 e. The average molecular weight is 326 g/mol. The highest BCUT2D eigenvalue weighted by molar-refractivity contribution is 6.30. The van der Waals surface area contributed by atoms with Gasteiger partial charge in [-0.25, -0.2) is 0 Å². The van der Waals surface area contributed by atoms with E-state index >= 15 is 0 Å². The van der Waals surface area contributed by atoms with Gasteiger partial charge in [0, 0.05) is 24.0 Å². The summed E-state index contributed by atoms with van der Waals surface area (Å²) in [4.78, 5) is 2.37. The fourth-order valence-electron chi connectivity index (χ4n) is 3.06. The molecule has 1 aliphatic rings. The van der Waals surface area contributed by atoms with Crippen LogP contribution in [0.5, 0.6) is 0 Å². The van der Waals surface area contributed by atoms with E-state index in [9.17, 15) is 0 Å². The third-order valence-corrected chi connectivity index (χ3v) is 4.38. The van der Waals surface area contributed by atoms with Crippen LogP contribution in [0.2, 0.25) is 5.02 Å². The molecule has 2 aromatic rings. The summed E-state index contributed by atoms with van der Waals surface area (Å²) in [6.07, 6.45) is 3.28. The van der Waals surface area contributed by atoms with E-state index in [1.54, 1.807) is 12.2 Å². The lowest BCUT2D eigenvalue weighted by molar-refractivity contribution is 0.295. The summed E-state index contributed by atoms with van der Waals surface area (Å²) in [5.74, 6) is 0.451. The molecule has 3 rings (SSSR count). The largest absolute Gasteiger partial charge is 0.301 e. The molecule has 23 heavy (non-hydrogen) atoms. The lowest BCUT2D eigenvalue weighted by atomic mass is 9.83. The molecule has 120 valence electrons. The molecular weight excluding hydrogens is 302 g/mol. The standard InChI is InChI=1S/C17H18ClN.C4H6/c1-12-5-3-4-6-15(12)17-11-19(2)10-13-9-14(18)7-8-16(13)17;1-3-4-2/h3-9,17H,10-11H2,1-2H3;3-4H,1-2H2. The SMILES string of the molecule is C=CC=C.Cc1ccccc1C1CN(C)Cc2cc(Cl)ccc21. The van der Waals surface area contributed by atoms with Crippen molar-refractivity contribution in [1.82, 2.24) is 4.90 Å². The van der Waals surface area contributed by atoms with E-state index in [4.69, 9.17) is 11.6 Å². The Labute approximate surface area is 144 Å². The van der Waals surface area contributed by atoms with Crippen LogP contribution in [0.25, 0.3) is 0 Å². The number of hydrogen-bond acceptors (Lipinski definition) is 1. The Kier molecular flexibility index (Phi) is 6.20. The number of hydrogen-bond donors (Lipinski definition) is 0. The molecule has 1 heterocycles. The summed E-state index contributed by atoms with van der Waals surface area (Å²) in [5, 5.41) is 0.831. The van der Waals surface area contributed by atoms with Gasteiger partial charge in [-0.15, -0.1) is 0 Å². The molecule has 1 unspecified atom stereocenters. The third kappa shape index (κ3) is 4.34. The van der Waals surface area contributed by atoms with Crippen molar-refractivity contribution in [3.63, 3.8) is 0 Å². The Bertz CT molecular complexity index is 684. The van der Waals surface area contributed by atoms with Gasteiger partial charge in [0.1, 0.15) is 0 Å². The summed E-state index contributed by atoms with van der Waals surface area (Å²) in [5.41, 5.74) is 5.58. The second-order valence-electron chi connectivity index (χ2n) is 5.92. The van der Waals surface area contributed by atoms with E-state index in [1.165, 1.54) is 22.3 Å². The first-order valence-corrected chi connectivity index (χ1v) is 8.20. The van der Waals surface area contributed by atoms with Crippen LogP contribution >= 0.6 is 11.6 Å². The molecular formula is C21H24ClN. The summed E-state index contributed by atoms with van der Waals surface area (Å²) < 4.78 is 0. The van der Waals surface area contributed by atoms with Crippen molar-refractivity contribution in [2.75, 3.05) is 13.6 Å². The minimum Gasteiger partial charge on any atom is -0.301 e. The van der Waals surface area contributed by atoms with Gasteiger partial charge < -0.3 is 4.90 Å². The molecule has 0 bridgehead atoms. The zero-order valence-electron chi connectivity index (χ0n) is 13.9. The first kappa shape index (κ1) is 17.5. The van der Waals surface area contributed by atoms with Gasteiger partial charge in [-0.2, -0.15) is 0 Å². The first-order chi connectivity index (χ1) is 11.1. The predicted molar refractivity (Wildman–Crippen MR) is 101 cm³/mol. The highest BCUT2D eigenvalue weighted by Gasteiger charge is 2.25. The van der Waals surface area contributed by atoms with E-state index in [0.29, 0.717) is 5.92 Å². The predicted octanol–water partition coefficient (Wildman–Crippen LogP) is 5.58. The Morgan fingerprint density at radius 2 is 1.78 bits per heavy atom. The van der Waals surface area contributed by atoms with Crippen molar-refractivity contribution in [3.05, 3.63) is 95.1 Å². The number of benzene rings is 2. The lowest BCUT2D eigenvalue weighted by Crippen LogP contribution is -2.31. The Hall–Kier alpha value is -1.83. The quantitative estimate of drug-likeness (QED) is 0.651. The summed E-state index contributed by atoms with van der Waals surface area (Å²) >= 11 is 6.13. The third-order valence-electron chi connectivity index (χ3n) is 4.15. The lowest BCUT2D eigenvalue weighted by Gasteiger charge is -2.33. The topological polar surface area (TPSA) is 3.24 Å². The second-order valence-corrected chi connectivity index (χ2v) is 6.36. The van der Waals surface area contributed by atoms with Crippen molar-refractivity contribution in [2.45, 2.75) is 19.4 Å². The molecule has 1 aliphatic heterocycles. The molecule has 0 spiro atoms. The fourth-order valence-corrected chi connectivity index (χ4v) is 3.25. The van der Waals surface area contributed by atoms with Crippen molar-refractivity contribution in [2.24, 2.45) is 0 Å². The number of nitrogens with zero attached hydrogens (tertiary/aromatic N) is 1. The molecule has 0 N–H and O–H groups in total. The van der Waals surface area contributed by atoms with Gasteiger partial charge in [0.15, 0.2) is 0 Å². The molecule has 0 aliphatic carbocycles. The van der Waals surface area contributed by atoms with Gasteiger partial charge in [-0.1, -0.05) is 67.2 Å². The highest BCUT2D eigenvalue weighted by atomic mass is 35.5. The number of likely N-dealkylation sites (N-methyl/N-ethyl adjacent to an activating group) is 1. The maximum atomic E-state index is 6.13. The molecule has 0 fully saturated rings. The van der Waals surface area contributed by atoms with Crippen molar-refractivity contribution >= 4 is 11.6 Å². The second kappa shape index (κ2) is 8.14. The summed E-state index contributed by atoms with van der Waals surface area (Å²) in [6, 6.07) is 15.0. The number of rotatable bonds is 2. The monoisotopic (exact) mass is 325 g/mol. The average Bonchev–Trinajstić information content (AvgIpc) is 2.54. The number of halogens is 1.